The van der Waals surface area contributed by atoms with Crippen molar-refractivity contribution in [2.24, 2.45) is 0 Å². The van der Waals surface area contributed by atoms with Gasteiger partial charge < -0.3 is 10.1 Å². The average Bonchev–Trinajstić information content (AvgIpc) is 3.16. The second-order valence-electron chi connectivity index (χ2n) is 6.49. The van der Waals surface area contributed by atoms with Gasteiger partial charge in [-0.25, -0.2) is 9.67 Å². The van der Waals surface area contributed by atoms with Crippen LogP contribution in [0.2, 0.25) is 0 Å². The predicted octanol–water partition coefficient (Wildman–Crippen LogP) is 1.24. The summed E-state index contributed by atoms with van der Waals surface area (Å²) in [5.74, 6) is -0.0720. The number of ether oxygens (including phenoxy) is 1. The van der Waals surface area contributed by atoms with Crippen LogP contribution in [0.25, 0.3) is 0 Å². The highest BCUT2D eigenvalue weighted by atomic mass is 16.5. The number of aromatic nitrogens is 3. The third-order valence-corrected chi connectivity index (χ3v) is 4.64. The molecule has 1 N–H and O–H groups in total. The average molecular weight is 343 g/mol. The normalized spacial score (nSPS) is 20.8. The van der Waals surface area contributed by atoms with E-state index in [1.165, 1.54) is 11.9 Å². The smallest absolute Gasteiger partial charge is 0.250 e. The number of rotatable bonds is 6. The molecule has 1 aromatic carbocycles. The van der Waals surface area contributed by atoms with Crippen molar-refractivity contribution in [1.82, 2.24) is 25.0 Å². The van der Waals surface area contributed by atoms with Crippen molar-refractivity contribution >= 4 is 5.91 Å². The summed E-state index contributed by atoms with van der Waals surface area (Å²) in [6, 6.07) is 10.2. The van der Waals surface area contributed by atoms with Gasteiger partial charge in [0.1, 0.15) is 18.8 Å². The minimum Gasteiger partial charge on any atom is -0.366 e. The molecular formula is C18H25N5O2. The number of carbonyl (C=O) groups excluding carboxylic acids is 1. The lowest BCUT2D eigenvalue weighted by Gasteiger charge is -2.33. The minimum absolute atomic E-state index is 0.0236. The van der Waals surface area contributed by atoms with Crippen LogP contribution in [0.15, 0.2) is 43.0 Å². The second kappa shape index (κ2) is 8.22. The Labute approximate surface area is 148 Å². The highest BCUT2D eigenvalue weighted by Crippen LogP contribution is 2.13. The molecule has 3 atom stereocenters. The molecule has 0 aliphatic carbocycles. The topological polar surface area (TPSA) is 72.3 Å². The maximum atomic E-state index is 12.6. The SMILES string of the molecule is C[C@H](NC(=O)[C@H]1CN(Cc2ccccc2)CCO1)[C@H](C)n1cncn1. The fourth-order valence-electron chi connectivity index (χ4n) is 2.94. The molecule has 0 radical (unpaired) electrons. The summed E-state index contributed by atoms with van der Waals surface area (Å²) < 4.78 is 7.43. The van der Waals surface area contributed by atoms with Crippen LogP contribution in [-0.2, 0) is 16.1 Å². The van der Waals surface area contributed by atoms with E-state index < -0.39 is 6.10 Å². The predicted molar refractivity (Wildman–Crippen MR) is 93.8 cm³/mol. The maximum absolute atomic E-state index is 12.6. The van der Waals surface area contributed by atoms with Gasteiger partial charge in [-0.3, -0.25) is 9.69 Å². The van der Waals surface area contributed by atoms with Crippen molar-refractivity contribution in [3.05, 3.63) is 48.5 Å². The number of carbonyl (C=O) groups is 1. The van der Waals surface area contributed by atoms with Gasteiger partial charge in [0.05, 0.1) is 12.6 Å². The monoisotopic (exact) mass is 343 g/mol. The molecule has 134 valence electrons. The van der Waals surface area contributed by atoms with Gasteiger partial charge >= 0.3 is 0 Å². The molecule has 0 unspecified atom stereocenters. The van der Waals surface area contributed by atoms with E-state index in [0.29, 0.717) is 13.2 Å². The summed E-state index contributed by atoms with van der Waals surface area (Å²) in [4.78, 5) is 18.8. The molecule has 7 heteroatoms. The van der Waals surface area contributed by atoms with Crippen LogP contribution in [0, 0.1) is 0 Å². The summed E-state index contributed by atoms with van der Waals surface area (Å²) in [5.41, 5.74) is 1.25. The molecule has 1 amide bonds. The Morgan fingerprint density at radius 2 is 2.16 bits per heavy atom. The van der Waals surface area contributed by atoms with Crippen molar-refractivity contribution < 1.29 is 9.53 Å². The summed E-state index contributed by atoms with van der Waals surface area (Å²) in [5, 5.41) is 7.17. The Morgan fingerprint density at radius 3 is 2.88 bits per heavy atom. The maximum Gasteiger partial charge on any atom is 0.250 e. The highest BCUT2D eigenvalue weighted by Gasteiger charge is 2.28. The third kappa shape index (κ3) is 4.64. The molecule has 1 aliphatic rings. The summed E-state index contributed by atoms with van der Waals surface area (Å²) in [6.45, 7) is 6.81. The molecule has 0 spiro atoms. The van der Waals surface area contributed by atoms with Gasteiger partial charge in [-0.2, -0.15) is 5.10 Å². The lowest BCUT2D eigenvalue weighted by molar-refractivity contribution is -0.139. The van der Waals surface area contributed by atoms with Crippen LogP contribution in [0.4, 0.5) is 0 Å². The van der Waals surface area contributed by atoms with E-state index in [0.717, 1.165) is 13.1 Å². The summed E-state index contributed by atoms with van der Waals surface area (Å²) >= 11 is 0. The van der Waals surface area contributed by atoms with E-state index in [-0.39, 0.29) is 18.0 Å². The van der Waals surface area contributed by atoms with E-state index in [1.54, 1.807) is 11.0 Å². The summed E-state index contributed by atoms with van der Waals surface area (Å²) in [6.07, 6.45) is 2.71. The Hall–Kier alpha value is -2.25. The van der Waals surface area contributed by atoms with Crippen LogP contribution in [0.3, 0.4) is 0 Å². The van der Waals surface area contributed by atoms with Gasteiger partial charge in [0.25, 0.3) is 5.91 Å². The molecule has 1 fully saturated rings. The number of benzene rings is 1. The Morgan fingerprint density at radius 1 is 1.36 bits per heavy atom. The first-order valence-electron chi connectivity index (χ1n) is 8.66. The van der Waals surface area contributed by atoms with Crippen LogP contribution >= 0.6 is 0 Å². The standard InChI is InChI=1S/C18H25N5O2/c1-14(15(2)23-13-19-12-20-23)21-18(24)17-11-22(8-9-25-17)10-16-6-4-3-5-7-16/h3-7,12-15,17H,8-11H2,1-2H3,(H,21,24)/t14-,15-,17+/m0/s1. The zero-order chi connectivity index (χ0) is 17.6. The Balaban J connectivity index is 1.53. The fourth-order valence-corrected chi connectivity index (χ4v) is 2.94. The zero-order valence-corrected chi connectivity index (χ0v) is 14.7. The molecule has 0 saturated carbocycles. The van der Waals surface area contributed by atoms with Gasteiger partial charge in [0.15, 0.2) is 0 Å². The van der Waals surface area contributed by atoms with Crippen molar-refractivity contribution in [1.29, 1.82) is 0 Å². The van der Waals surface area contributed by atoms with Crippen LogP contribution < -0.4 is 5.32 Å². The molecule has 1 aromatic heterocycles. The number of hydrogen-bond acceptors (Lipinski definition) is 5. The van der Waals surface area contributed by atoms with Gasteiger partial charge in [0.2, 0.25) is 0 Å². The highest BCUT2D eigenvalue weighted by molar-refractivity contribution is 5.81. The van der Waals surface area contributed by atoms with E-state index in [1.807, 2.05) is 32.0 Å². The van der Waals surface area contributed by atoms with Crippen LogP contribution in [0.5, 0.6) is 0 Å². The number of hydrogen-bond donors (Lipinski definition) is 1. The van der Waals surface area contributed by atoms with Gasteiger partial charge in [0, 0.05) is 25.7 Å². The number of morpholine rings is 1. The second-order valence-corrected chi connectivity index (χ2v) is 6.49. The van der Waals surface area contributed by atoms with Crippen molar-refractivity contribution in [2.75, 3.05) is 19.7 Å². The zero-order valence-electron chi connectivity index (χ0n) is 14.7. The van der Waals surface area contributed by atoms with Crippen LogP contribution in [-0.4, -0.2) is 57.4 Å². The quantitative estimate of drug-likeness (QED) is 0.854. The van der Waals surface area contributed by atoms with Gasteiger partial charge in [-0.1, -0.05) is 30.3 Å². The lowest BCUT2D eigenvalue weighted by atomic mass is 10.1. The third-order valence-electron chi connectivity index (χ3n) is 4.64. The number of nitrogens with zero attached hydrogens (tertiary/aromatic N) is 4. The van der Waals surface area contributed by atoms with E-state index in [9.17, 15) is 4.79 Å². The Kier molecular flexibility index (Phi) is 5.78. The van der Waals surface area contributed by atoms with Crippen LogP contribution in [0.1, 0.15) is 25.5 Å². The molecule has 1 saturated heterocycles. The molecule has 3 rings (SSSR count). The lowest BCUT2D eigenvalue weighted by Crippen LogP contribution is -2.52. The van der Waals surface area contributed by atoms with Crippen molar-refractivity contribution in [3.63, 3.8) is 0 Å². The number of nitrogens with one attached hydrogen (secondary N) is 1. The van der Waals surface area contributed by atoms with E-state index >= 15 is 0 Å². The molecule has 0 bridgehead atoms. The molecular weight excluding hydrogens is 318 g/mol. The van der Waals surface area contributed by atoms with Crippen molar-refractivity contribution in [3.8, 4) is 0 Å². The fraction of sp³-hybridized carbons (Fsp3) is 0.500. The molecule has 25 heavy (non-hydrogen) atoms. The van der Waals surface area contributed by atoms with Gasteiger partial charge in [-0.05, 0) is 19.4 Å². The first kappa shape index (κ1) is 17.6. The molecule has 7 nitrogen and oxygen atoms in total. The molecule has 2 aromatic rings. The number of amides is 1. The Bertz CT molecular complexity index is 661. The van der Waals surface area contributed by atoms with E-state index in [4.69, 9.17) is 4.74 Å². The molecule has 1 aliphatic heterocycles. The largest absolute Gasteiger partial charge is 0.366 e. The summed E-state index contributed by atoms with van der Waals surface area (Å²) in [7, 11) is 0. The molecule has 2 heterocycles. The first-order valence-corrected chi connectivity index (χ1v) is 8.66. The van der Waals surface area contributed by atoms with Gasteiger partial charge in [-0.15, -0.1) is 0 Å². The van der Waals surface area contributed by atoms with E-state index in [2.05, 4.69) is 32.4 Å². The van der Waals surface area contributed by atoms with Crippen molar-refractivity contribution in [2.45, 2.75) is 38.6 Å². The minimum atomic E-state index is -0.442. The first-order chi connectivity index (χ1) is 12.1.